The van der Waals surface area contributed by atoms with Crippen LogP contribution in [0.3, 0.4) is 0 Å². The summed E-state index contributed by atoms with van der Waals surface area (Å²) in [7, 11) is 0. The van der Waals surface area contributed by atoms with Gasteiger partial charge in [0, 0.05) is 23.5 Å². The Morgan fingerprint density at radius 1 is 1.19 bits per heavy atom. The first-order valence-electron chi connectivity index (χ1n) is 8.59. The Morgan fingerprint density at radius 3 is 2.59 bits per heavy atom. The fraction of sp³-hybridized carbons (Fsp3) is 0.389. The number of hydrogen-bond acceptors (Lipinski definition) is 4. The van der Waals surface area contributed by atoms with Crippen molar-refractivity contribution in [2.75, 3.05) is 5.32 Å². The number of aromatic nitrogens is 1. The first-order chi connectivity index (χ1) is 12.9. The second-order valence-corrected chi connectivity index (χ2v) is 7.66. The molecule has 9 heteroatoms. The van der Waals surface area contributed by atoms with Crippen molar-refractivity contribution in [3.63, 3.8) is 0 Å². The number of carbonyl (C=O) groups excluding carboxylic acids is 1. The van der Waals surface area contributed by atoms with Gasteiger partial charge in [-0.3, -0.25) is 10.1 Å². The third-order valence-corrected chi connectivity index (χ3v) is 5.46. The summed E-state index contributed by atoms with van der Waals surface area (Å²) in [6.07, 6.45) is 4.33. The maximum atomic E-state index is 13.3. The van der Waals surface area contributed by atoms with Crippen LogP contribution in [0.15, 0.2) is 24.4 Å². The van der Waals surface area contributed by atoms with E-state index in [1.165, 1.54) is 17.4 Å². The largest absolute Gasteiger partial charge is 0.481 e. The van der Waals surface area contributed by atoms with Gasteiger partial charge in [0.2, 0.25) is 0 Å². The van der Waals surface area contributed by atoms with Crippen LogP contribution < -0.4 is 10.6 Å². The number of amides is 2. The van der Waals surface area contributed by atoms with Crippen LogP contribution in [-0.2, 0) is 11.2 Å². The molecule has 2 amide bonds. The van der Waals surface area contributed by atoms with Gasteiger partial charge in [-0.2, -0.15) is 0 Å². The zero-order valence-electron chi connectivity index (χ0n) is 14.4. The van der Waals surface area contributed by atoms with E-state index in [0.717, 1.165) is 17.0 Å². The van der Waals surface area contributed by atoms with Crippen LogP contribution in [0.1, 0.15) is 36.1 Å². The van der Waals surface area contributed by atoms with E-state index in [2.05, 4.69) is 15.6 Å². The lowest BCUT2D eigenvalue weighted by molar-refractivity contribution is -0.142. The van der Waals surface area contributed by atoms with Gasteiger partial charge >= 0.3 is 12.0 Å². The molecule has 1 fully saturated rings. The van der Waals surface area contributed by atoms with Crippen molar-refractivity contribution in [1.82, 2.24) is 10.3 Å². The number of nitrogens with one attached hydrogen (secondary N) is 2. The molecule has 0 saturated heterocycles. The fourth-order valence-electron chi connectivity index (χ4n) is 3.10. The number of benzene rings is 1. The Bertz CT molecular complexity index is 835. The molecule has 6 nitrogen and oxygen atoms in total. The van der Waals surface area contributed by atoms with Crippen LogP contribution >= 0.6 is 11.3 Å². The molecule has 1 saturated carbocycles. The fourth-order valence-corrected chi connectivity index (χ4v) is 3.94. The van der Waals surface area contributed by atoms with Gasteiger partial charge in [0.15, 0.2) is 16.8 Å². The Hall–Kier alpha value is -2.55. The molecule has 0 unspecified atom stereocenters. The maximum absolute atomic E-state index is 13.3. The van der Waals surface area contributed by atoms with E-state index in [1.807, 2.05) is 0 Å². The highest BCUT2D eigenvalue weighted by Gasteiger charge is 2.26. The number of rotatable bonds is 5. The molecule has 0 atom stereocenters. The lowest BCUT2D eigenvalue weighted by Crippen LogP contribution is -2.40. The number of carbonyl (C=O) groups is 2. The zero-order chi connectivity index (χ0) is 19.4. The highest BCUT2D eigenvalue weighted by atomic mass is 32.1. The van der Waals surface area contributed by atoms with Crippen LogP contribution in [-0.4, -0.2) is 28.1 Å². The predicted octanol–water partition coefficient (Wildman–Crippen LogP) is 3.78. The summed E-state index contributed by atoms with van der Waals surface area (Å²) in [5.41, 5.74) is 0.615. The number of hydrogen-bond donors (Lipinski definition) is 3. The van der Waals surface area contributed by atoms with Crippen molar-refractivity contribution in [1.29, 1.82) is 0 Å². The van der Waals surface area contributed by atoms with Crippen molar-refractivity contribution in [2.45, 2.75) is 38.1 Å². The van der Waals surface area contributed by atoms with Crippen molar-refractivity contribution >= 4 is 28.5 Å². The topological polar surface area (TPSA) is 91.3 Å². The first kappa shape index (κ1) is 19.2. The van der Waals surface area contributed by atoms with Gasteiger partial charge in [0.05, 0.1) is 5.92 Å². The van der Waals surface area contributed by atoms with E-state index >= 15 is 0 Å². The maximum Gasteiger partial charge on any atom is 0.321 e. The second kappa shape index (κ2) is 8.43. The summed E-state index contributed by atoms with van der Waals surface area (Å²) < 4.78 is 26.2. The Morgan fingerprint density at radius 2 is 1.93 bits per heavy atom. The molecule has 0 aliphatic heterocycles. The SMILES string of the molecule is O=C(Nc1ncc(Cc2ccc(F)c(F)c2)s1)NC1CCC(C(=O)O)CC1. The predicted molar refractivity (Wildman–Crippen MR) is 96.8 cm³/mol. The van der Waals surface area contributed by atoms with E-state index in [9.17, 15) is 18.4 Å². The summed E-state index contributed by atoms with van der Waals surface area (Å²) in [6, 6.07) is 3.29. The molecule has 3 N–H and O–H groups in total. The second-order valence-electron chi connectivity index (χ2n) is 6.54. The average molecular weight is 395 g/mol. The number of thiazole rings is 1. The molecule has 1 heterocycles. The Labute approximate surface area is 158 Å². The van der Waals surface area contributed by atoms with Gasteiger partial charge in [-0.1, -0.05) is 6.07 Å². The molecule has 0 spiro atoms. The minimum atomic E-state index is -0.896. The van der Waals surface area contributed by atoms with E-state index in [-0.39, 0.29) is 18.0 Å². The van der Waals surface area contributed by atoms with Crippen molar-refractivity contribution < 1.29 is 23.5 Å². The Kier molecular flexibility index (Phi) is 6.00. The lowest BCUT2D eigenvalue weighted by Gasteiger charge is -2.26. The summed E-state index contributed by atoms with van der Waals surface area (Å²) in [5.74, 6) is -2.90. The quantitative estimate of drug-likeness (QED) is 0.719. The van der Waals surface area contributed by atoms with Crippen LogP contribution in [0.25, 0.3) is 0 Å². The number of aliphatic carboxylic acids is 1. The number of anilines is 1. The average Bonchev–Trinajstić information content (AvgIpc) is 3.05. The number of carboxylic acid groups (broad SMARTS) is 1. The number of nitrogens with zero attached hydrogens (tertiary/aromatic N) is 1. The minimum Gasteiger partial charge on any atom is -0.481 e. The lowest BCUT2D eigenvalue weighted by atomic mass is 9.86. The standard InChI is InChI=1S/C18H19F2N3O3S/c19-14-6-1-10(8-15(14)20)7-13-9-21-18(27-13)23-17(26)22-12-4-2-11(3-5-12)16(24)25/h1,6,8-9,11-12H,2-5,7H2,(H,24,25)(H2,21,22,23,26). The van der Waals surface area contributed by atoms with Crippen molar-refractivity contribution in [2.24, 2.45) is 5.92 Å². The zero-order valence-corrected chi connectivity index (χ0v) is 15.2. The number of urea groups is 1. The number of carboxylic acids is 1. The summed E-state index contributed by atoms with van der Waals surface area (Å²) in [5, 5.41) is 14.9. The third-order valence-electron chi connectivity index (χ3n) is 4.55. The molecule has 1 aromatic carbocycles. The van der Waals surface area contributed by atoms with Crippen molar-refractivity contribution in [3.05, 3.63) is 46.5 Å². The van der Waals surface area contributed by atoms with Gasteiger partial charge in [-0.15, -0.1) is 11.3 Å². The molecule has 0 radical (unpaired) electrons. The monoisotopic (exact) mass is 395 g/mol. The van der Waals surface area contributed by atoms with Gasteiger partial charge in [-0.25, -0.2) is 18.6 Å². The summed E-state index contributed by atoms with van der Waals surface area (Å²) in [4.78, 5) is 28.0. The van der Waals surface area contributed by atoms with E-state index < -0.39 is 17.6 Å². The van der Waals surface area contributed by atoms with Crippen LogP contribution in [0.5, 0.6) is 0 Å². The van der Waals surface area contributed by atoms with Gasteiger partial charge in [-0.05, 0) is 43.4 Å². The van der Waals surface area contributed by atoms with Gasteiger partial charge in [0.1, 0.15) is 0 Å². The van der Waals surface area contributed by atoms with Crippen LogP contribution in [0, 0.1) is 17.6 Å². The van der Waals surface area contributed by atoms with Crippen LogP contribution in [0.4, 0.5) is 18.7 Å². The van der Waals surface area contributed by atoms with Gasteiger partial charge < -0.3 is 10.4 Å². The molecular formula is C18H19F2N3O3S. The van der Waals surface area contributed by atoms with Crippen molar-refractivity contribution in [3.8, 4) is 0 Å². The number of halogens is 2. The van der Waals surface area contributed by atoms with Crippen LogP contribution in [0.2, 0.25) is 0 Å². The Balaban J connectivity index is 1.49. The molecule has 0 bridgehead atoms. The highest BCUT2D eigenvalue weighted by Crippen LogP contribution is 2.25. The summed E-state index contributed by atoms with van der Waals surface area (Å²) in [6.45, 7) is 0. The first-order valence-corrected chi connectivity index (χ1v) is 9.41. The normalized spacial score (nSPS) is 19.5. The highest BCUT2D eigenvalue weighted by molar-refractivity contribution is 7.15. The molecule has 1 aliphatic carbocycles. The van der Waals surface area contributed by atoms with Gasteiger partial charge in [0.25, 0.3) is 0 Å². The smallest absolute Gasteiger partial charge is 0.321 e. The molecule has 2 aromatic rings. The molecule has 3 rings (SSSR count). The van der Waals surface area contributed by atoms with E-state index in [4.69, 9.17) is 5.11 Å². The molecular weight excluding hydrogens is 376 g/mol. The van der Waals surface area contributed by atoms with E-state index in [0.29, 0.717) is 42.8 Å². The summed E-state index contributed by atoms with van der Waals surface area (Å²) >= 11 is 1.26. The van der Waals surface area contributed by atoms with E-state index in [1.54, 1.807) is 6.20 Å². The molecule has 1 aliphatic rings. The molecule has 144 valence electrons. The molecule has 27 heavy (non-hydrogen) atoms. The minimum absolute atomic E-state index is 0.0535. The third kappa shape index (κ3) is 5.22. The molecule has 1 aromatic heterocycles.